The zero-order chi connectivity index (χ0) is 6.97. The Labute approximate surface area is 56.5 Å². The number of hydrogen-bond acceptors (Lipinski definition) is 4. The normalized spacial score (nSPS) is 10.4. The summed E-state index contributed by atoms with van der Waals surface area (Å²) in [6.07, 6.45) is 2.58. The first-order chi connectivity index (χ1) is 4.86. The van der Waals surface area contributed by atoms with E-state index >= 15 is 0 Å². The van der Waals surface area contributed by atoms with E-state index in [-0.39, 0.29) is 5.95 Å². The highest BCUT2D eigenvalue weighted by Gasteiger charge is 2.07. The number of nitrogens with zero attached hydrogens (tertiary/aromatic N) is 2. The van der Waals surface area contributed by atoms with Gasteiger partial charge in [-0.25, -0.2) is 0 Å². The third kappa shape index (κ3) is 0.621. The monoisotopic (exact) mass is 135 g/mol. The van der Waals surface area contributed by atoms with Crippen LogP contribution in [0, 0.1) is 6.20 Å². The molecule has 0 bridgehead atoms. The first-order valence-electron chi connectivity index (χ1n) is 2.69. The Morgan fingerprint density at radius 3 is 3.30 bits per heavy atom. The number of aromatic nitrogens is 2. The average Bonchev–Trinajstić information content (AvgIpc) is 2.33. The SMILES string of the molecule is Oc1ccc2[c]nnc-2o1. The number of aromatic hydroxyl groups is 1. The van der Waals surface area contributed by atoms with Gasteiger partial charge in [0.2, 0.25) is 0 Å². The van der Waals surface area contributed by atoms with Crippen molar-refractivity contribution in [2.75, 3.05) is 0 Å². The molecule has 2 heterocycles. The molecule has 2 aliphatic heterocycles. The predicted molar refractivity (Wildman–Crippen MR) is 31.4 cm³/mol. The molecule has 4 heteroatoms. The molecule has 2 aliphatic rings. The molecule has 0 aromatic heterocycles. The predicted octanol–water partition coefficient (Wildman–Crippen LogP) is 0.680. The Morgan fingerprint density at radius 2 is 2.40 bits per heavy atom. The Hall–Kier alpha value is -1.58. The van der Waals surface area contributed by atoms with Crippen LogP contribution in [0.3, 0.4) is 0 Å². The second-order valence-electron chi connectivity index (χ2n) is 1.80. The first-order valence-corrected chi connectivity index (χ1v) is 2.69. The molecular formula is C6H3N2O2. The quantitative estimate of drug-likeness (QED) is 0.577. The fourth-order valence-corrected chi connectivity index (χ4v) is 0.698. The third-order valence-corrected chi connectivity index (χ3v) is 1.14. The third-order valence-electron chi connectivity index (χ3n) is 1.14. The molecule has 0 atom stereocenters. The van der Waals surface area contributed by atoms with Crippen molar-refractivity contribution in [1.29, 1.82) is 0 Å². The molecule has 0 amide bonds. The van der Waals surface area contributed by atoms with Crippen LogP contribution in [0.15, 0.2) is 16.5 Å². The highest BCUT2D eigenvalue weighted by atomic mass is 16.5. The molecular weight excluding hydrogens is 132 g/mol. The first kappa shape index (κ1) is 5.22. The van der Waals surface area contributed by atoms with E-state index in [4.69, 9.17) is 9.52 Å². The lowest BCUT2D eigenvalue weighted by molar-refractivity contribution is 0.324. The van der Waals surface area contributed by atoms with Crippen molar-refractivity contribution in [2.24, 2.45) is 0 Å². The summed E-state index contributed by atoms with van der Waals surface area (Å²) >= 11 is 0. The molecule has 1 N–H and O–H groups in total. The lowest BCUT2D eigenvalue weighted by atomic mass is 10.3. The minimum absolute atomic E-state index is 0.165. The zero-order valence-corrected chi connectivity index (χ0v) is 4.90. The Balaban J connectivity index is 2.75. The molecule has 0 saturated heterocycles. The standard InChI is InChI=1S/C6H3N2O2/c9-5-2-1-4-3-7-8-6(4)10-5/h1-2,9H. The van der Waals surface area contributed by atoms with Gasteiger partial charge in [0.25, 0.3) is 11.8 Å². The lowest BCUT2D eigenvalue weighted by Crippen LogP contribution is -1.74. The Morgan fingerprint density at radius 1 is 1.50 bits per heavy atom. The molecule has 0 aromatic rings. The van der Waals surface area contributed by atoms with Gasteiger partial charge in [-0.2, -0.15) is 0 Å². The molecule has 4 nitrogen and oxygen atoms in total. The van der Waals surface area contributed by atoms with Gasteiger partial charge >= 0.3 is 0 Å². The summed E-state index contributed by atoms with van der Waals surface area (Å²) in [5, 5.41) is 15.8. The summed E-state index contributed by atoms with van der Waals surface area (Å²) in [4.78, 5) is 0. The van der Waals surface area contributed by atoms with Crippen LogP contribution in [0.4, 0.5) is 0 Å². The van der Waals surface area contributed by atoms with Crippen LogP contribution in [0.1, 0.15) is 0 Å². The zero-order valence-electron chi connectivity index (χ0n) is 4.90. The highest BCUT2D eigenvalue weighted by Crippen LogP contribution is 2.21. The Bertz CT molecular complexity index is 318. The van der Waals surface area contributed by atoms with Gasteiger partial charge in [-0.1, -0.05) is 0 Å². The van der Waals surface area contributed by atoms with Crippen LogP contribution < -0.4 is 0 Å². The van der Waals surface area contributed by atoms with Crippen molar-refractivity contribution in [2.45, 2.75) is 0 Å². The van der Waals surface area contributed by atoms with Crippen LogP contribution in [-0.4, -0.2) is 15.3 Å². The molecule has 1 radical (unpaired) electrons. The fourth-order valence-electron chi connectivity index (χ4n) is 0.698. The fraction of sp³-hybridized carbons (Fsp3) is 0. The molecule has 0 unspecified atom stereocenters. The van der Waals surface area contributed by atoms with Crippen molar-refractivity contribution < 1.29 is 9.52 Å². The molecule has 0 aliphatic carbocycles. The van der Waals surface area contributed by atoms with Crippen LogP contribution in [0.2, 0.25) is 0 Å². The van der Waals surface area contributed by atoms with Gasteiger partial charge in [0.15, 0.2) is 0 Å². The number of fused-ring (bicyclic) bond motifs is 1. The topological polar surface area (TPSA) is 59.2 Å². The molecule has 0 spiro atoms. The summed E-state index contributed by atoms with van der Waals surface area (Å²) in [6, 6.07) is 3.05. The average molecular weight is 135 g/mol. The smallest absolute Gasteiger partial charge is 0.283 e. The second kappa shape index (κ2) is 1.70. The van der Waals surface area contributed by atoms with Gasteiger partial charge in [0.1, 0.15) is 6.20 Å². The number of rotatable bonds is 0. The van der Waals surface area contributed by atoms with Gasteiger partial charge in [-0.05, 0) is 6.07 Å². The molecule has 49 valence electrons. The lowest BCUT2D eigenvalue weighted by Gasteiger charge is -1.92. The maximum atomic E-state index is 8.80. The maximum absolute atomic E-state index is 8.80. The van der Waals surface area contributed by atoms with E-state index in [1.165, 1.54) is 6.07 Å². The van der Waals surface area contributed by atoms with Crippen molar-refractivity contribution in [3.05, 3.63) is 18.3 Å². The molecule has 0 aromatic carbocycles. The van der Waals surface area contributed by atoms with Gasteiger partial charge in [0.05, 0.1) is 5.56 Å². The summed E-state index contributed by atoms with van der Waals surface area (Å²) in [5.41, 5.74) is 0.665. The molecule has 0 saturated carbocycles. The van der Waals surface area contributed by atoms with Crippen LogP contribution in [0.5, 0.6) is 5.95 Å². The summed E-state index contributed by atoms with van der Waals surface area (Å²) in [7, 11) is 0. The van der Waals surface area contributed by atoms with Crippen molar-refractivity contribution >= 4 is 0 Å². The van der Waals surface area contributed by atoms with Crippen LogP contribution in [-0.2, 0) is 0 Å². The molecule has 10 heavy (non-hydrogen) atoms. The van der Waals surface area contributed by atoms with E-state index in [1.807, 2.05) is 0 Å². The van der Waals surface area contributed by atoms with E-state index in [0.29, 0.717) is 11.5 Å². The van der Waals surface area contributed by atoms with Crippen LogP contribution in [0.25, 0.3) is 11.5 Å². The van der Waals surface area contributed by atoms with E-state index < -0.39 is 0 Å². The second-order valence-corrected chi connectivity index (χ2v) is 1.80. The van der Waals surface area contributed by atoms with Gasteiger partial charge in [-0.3, -0.25) is 0 Å². The summed E-state index contributed by atoms with van der Waals surface area (Å²) in [5.74, 6) is 0.140. The van der Waals surface area contributed by atoms with Gasteiger partial charge in [0, 0.05) is 6.07 Å². The number of hydrogen-bond donors (Lipinski definition) is 1. The van der Waals surface area contributed by atoms with E-state index in [1.54, 1.807) is 6.07 Å². The summed E-state index contributed by atoms with van der Waals surface area (Å²) in [6.45, 7) is 0. The summed E-state index contributed by atoms with van der Waals surface area (Å²) < 4.78 is 4.75. The van der Waals surface area contributed by atoms with E-state index in [9.17, 15) is 0 Å². The van der Waals surface area contributed by atoms with E-state index in [0.717, 1.165) is 0 Å². The largest absolute Gasteiger partial charge is 0.481 e. The van der Waals surface area contributed by atoms with Crippen molar-refractivity contribution in [3.63, 3.8) is 0 Å². The maximum Gasteiger partial charge on any atom is 0.283 e. The van der Waals surface area contributed by atoms with Gasteiger partial charge in [-0.15, -0.1) is 10.2 Å². The minimum atomic E-state index is -0.165. The van der Waals surface area contributed by atoms with Gasteiger partial charge < -0.3 is 9.52 Å². The highest BCUT2D eigenvalue weighted by molar-refractivity contribution is 5.51. The Kier molecular flexibility index (Phi) is 0.887. The van der Waals surface area contributed by atoms with Crippen molar-refractivity contribution in [1.82, 2.24) is 10.2 Å². The van der Waals surface area contributed by atoms with Crippen LogP contribution >= 0.6 is 0 Å². The van der Waals surface area contributed by atoms with Crippen molar-refractivity contribution in [3.8, 4) is 17.4 Å². The molecule has 0 fully saturated rings. The minimum Gasteiger partial charge on any atom is -0.481 e. The van der Waals surface area contributed by atoms with E-state index in [2.05, 4.69) is 16.4 Å². The molecule has 2 rings (SSSR count).